The third-order valence-corrected chi connectivity index (χ3v) is 1.28. The zero-order valence-electron chi connectivity index (χ0n) is 6.75. The first-order valence-electron chi connectivity index (χ1n) is 3.57. The molecule has 1 aromatic heterocycles. The summed E-state index contributed by atoms with van der Waals surface area (Å²) in [7, 11) is 0. The van der Waals surface area contributed by atoms with Gasteiger partial charge in [-0.05, 0) is 6.07 Å². The van der Waals surface area contributed by atoms with E-state index in [0.29, 0.717) is 11.8 Å². The van der Waals surface area contributed by atoms with Crippen molar-refractivity contribution in [1.29, 1.82) is 0 Å². The lowest BCUT2D eigenvalue weighted by molar-refractivity contribution is -0.107. The molecule has 0 aliphatic rings. The lowest BCUT2D eigenvalue weighted by atomic mass is 10.2. The number of nitrogen functional groups attached to an aromatic ring is 1. The predicted molar refractivity (Wildman–Crippen MR) is 46.2 cm³/mol. The van der Waals surface area contributed by atoms with Crippen LogP contribution < -0.4 is 5.73 Å². The molecule has 0 fully saturated rings. The van der Waals surface area contributed by atoms with E-state index in [1.165, 1.54) is 12.3 Å². The standard InChI is InChI=1S/C9H7FN2O/c10-9-8(11)5-7(6-12-9)3-1-2-4-13/h4-6H,2,11H2. The molecular weight excluding hydrogens is 171 g/mol. The summed E-state index contributed by atoms with van der Waals surface area (Å²) in [5.74, 6) is 4.48. The SMILES string of the molecule is Nc1cc(C#CCC=O)cnc1F. The highest BCUT2D eigenvalue weighted by Gasteiger charge is 1.97. The number of aldehydes is 1. The number of hydrogen-bond acceptors (Lipinski definition) is 3. The van der Waals surface area contributed by atoms with E-state index in [2.05, 4.69) is 16.8 Å². The highest BCUT2D eigenvalue weighted by atomic mass is 19.1. The highest BCUT2D eigenvalue weighted by molar-refractivity contribution is 5.55. The topological polar surface area (TPSA) is 56.0 Å². The Bertz CT molecular complexity index is 379. The van der Waals surface area contributed by atoms with E-state index in [1.54, 1.807) is 0 Å². The van der Waals surface area contributed by atoms with Crippen molar-refractivity contribution in [2.45, 2.75) is 6.42 Å². The van der Waals surface area contributed by atoms with Gasteiger partial charge in [-0.15, -0.1) is 0 Å². The molecule has 0 aliphatic carbocycles. The number of aromatic nitrogens is 1. The van der Waals surface area contributed by atoms with Gasteiger partial charge in [0.1, 0.15) is 6.29 Å². The molecular formula is C9H7FN2O. The van der Waals surface area contributed by atoms with Crippen molar-refractivity contribution in [2.75, 3.05) is 5.73 Å². The Balaban J connectivity index is 2.87. The van der Waals surface area contributed by atoms with Crippen molar-refractivity contribution in [3.05, 3.63) is 23.8 Å². The summed E-state index contributed by atoms with van der Waals surface area (Å²) < 4.78 is 12.5. The van der Waals surface area contributed by atoms with E-state index in [0.717, 1.165) is 0 Å². The van der Waals surface area contributed by atoms with E-state index in [-0.39, 0.29) is 12.1 Å². The van der Waals surface area contributed by atoms with Gasteiger partial charge < -0.3 is 10.5 Å². The molecule has 0 unspecified atom stereocenters. The van der Waals surface area contributed by atoms with Gasteiger partial charge in [-0.2, -0.15) is 4.39 Å². The molecule has 1 aromatic rings. The molecule has 2 N–H and O–H groups in total. The van der Waals surface area contributed by atoms with E-state index in [9.17, 15) is 9.18 Å². The minimum absolute atomic E-state index is 0.0436. The molecule has 0 saturated carbocycles. The fourth-order valence-corrected chi connectivity index (χ4v) is 0.728. The molecule has 13 heavy (non-hydrogen) atoms. The molecule has 0 atom stereocenters. The number of anilines is 1. The minimum atomic E-state index is -0.707. The fraction of sp³-hybridized carbons (Fsp3) is 0.111. The Kier molecular flexibility index (Phi) is 2.98. The van der Waals surface area contributed by atoms with Gasteiger partial charge in [0.05, 0.1) is 12.1 Å². The first-order chi connectivity index (χ1) is 6.24. The number of halogens is 1. The van der Waals surface area contributed by atoms with Crippen LogP contribution in [0.2, 0.25) is 0 Å². The molecule has 4 heteroatoms. The zero-order valence-corrected chi connectivity index (χ0v) is 6.75. The van der Waals surface area contributed by atoms with Gasteiger partial charge in [-0.1, -0.05) is 11.8 Å². The molecule has 66 valence electrons. The van der Waals surface area contributed by atoms with Gasteiger partial charge in [0.2, 0.25) is 5.95 Å². The van der Waals surface area contributed by atoms with Gasteiger partial charge in [0.25, 0.3) is 0 Å². The van der Waals surface area contributed by atoms with Crippen molar-refractivity contribution < 1.29 is 9.18 Å². The summed E-state index contributed by atoms with van der Waals surface area (Å²) in [6, 6.07) is 1.38. The highest BCUT2D eigenvalue weighted by Crippen LogP contribution is 2.07. The van der Waals surface area contributed by atoms with Crippen LogP contribution in [0.3, 0.4) is 0 Å². The van der Waals surface area contributed by atoms with Crippen LogP contribution >= 0.6 is 0 Å². The van der Waals surface area contributed by atoms with E-state index in [1.807, 2.05) is 0 Å². The first kappa shape index (κ1) is 9.20. The van der Waals surface area contributed by atoms with Crippen LogP contribution in [0, 0.1) is 17.8 Å². The largest absolute Gasteiger partial charge is 0.395 e. The van der Waals surface area contributed by atoms with Crippen molar-refractivity contribution in [2.24, 2.45) is 0 Å². The molecule has 0 amide bonds. The van der Waals surface area contributed by atoms with Crippen LogP contribution in [0.5, 0.6) is 0 Å². The van der Waals surface area contributed by atoms with Crippen LogP contribution in [0.4, 0.5) is 10.1 Å². The zero-order chi connectivity index (χ0) is 9.68. The van der Waals surface area contributed by atoms with Gasteiger partial charge in [0.15, 0.2) is 0 Å². The maximum Gasteiger partial charge on any atom is 0.236 e. The maximum absolute atomic E-state index is 12.5. The second kappa shape index (κ2) is 4.21. The first-order valence-corrected chi connectivity index (χ1v) is 3.57. The van der Waals surface area contributed by atoms with Crippen LogP contribution in [0.1, 0.15) is 12.0 Å². The second-order valence-corrected chi connectivity index (χ2v) is 2.28. The minimum Gasteiger partial charge on any atom is -0.395 e. The summed E-state index contributed by atoms with van der Waals surface area (Å²) in [6.07, 6.45) is 2.11. The molecule has 1 heterocycles. The molecule has 0 bridgehead atoms. The molecule has 1 rings (SSSR count). The number of hydrogen-bond donors (Lipinski definition) is 1. The van der Waals surface area contributed by atoms with Gasteiger partial charge in [-0.3, -0.25) is 0 Å². The third-order valence-electron chi connectivity index (χ3n) is 1.28. The summed E-state index contributed by atoms with van der Waals surface area (Å²) in [5, 5.41) is 0. The Morgan fingerprint density at radius 3 is 3.08 bits per heavy atom. The normalized spacial score (nSPS) is 8.69. The Labute approximate surface area is 74.8 Å². The quantitative estimate of drug-likeness (QED) is 0.392. The summed E-state index contributed by atoms with van der Waals surface area (Å²) >= 11 is 0. The molecule has 0 spiro atoms. The number of carbonyl (C=O) groups excluding carboxylic acids is 1. The monoisotopic (exact) mass is 178 g/mol. The lowest BCUT2D eigenvalue weighted by Gasteiger charge is -1.94. The Hall–Kier alpha value is -1.89. The molecule has 0 aliphatic heterocycles. The number of nitrogens with two attached hydrogens (primary N) is 1. The van der Waals surface area contributed by atoms with E-state index in [4.69, 9.17) is 5.73 Å². The van der Waals surface area contributed by atoms with Crippen molar-refractivity contribution in [1.82, 2.24) is 4.98 Å². The van der Waals surface area contributed by atoms with Crippen LogP contribution in [0.15, 0.2) is 12.3 Å². The lowest BCUT2D eigenvalue weighted by Crippen LogP contribution is -1.94. The number of pyridine rings is 1. The van der Waals surface area contributed by atoms with Crippen LogP contribution in [-0.2, 0) is 4.79 Å². The summed E-state index contributed by atoms with van der Waals surface area (Å²) in [4.78, 5) is 13.3. The van der Waals surface area contributed by atoms with Crippen LogP contribution in [-0.4, -0.2) is 11.3 Å². The number of rotatable bonds is 1. The predicted octanol–water partition coefficient (Wildman–Crippen LogP) is 0.743. The summed E-state index contributed by atoms with van der Waals surface area (Å²) in [6.45, 7) is 0. The fourth-order valence-electron chi connectivity index (χ4n) is 0.728. The summed E-state index contributed by atoms with van der Waals surface area (Å²) in [5.41, 5.74) is 5.71. The van der Waals surface area contributed by atoms with Crippen LogP contribution in [0.25, 0.3) is 0 Å². The van der Waals surface area contributed by atoms with E-state index < -0.39 is 5.95 Å². The number of nitrogens with zero attached hydrogens (tertiary/aromatic N) is 1. The Morgan fingerprint density at radius 1 is 1.69 bits per heavy atom. The smallest absolute Gasteiger partial charge is 0.236 e. The molecule has 0 radical (unpaired) electrons. The molecule has 0 aromatic carbocycles. The maximum atomic E-state index is 12.5. The Morgan fingerprint density at radius 2 is 2.46 bits per heavy atom. The number of carbonyl (C=O) groups is 1. The second-order valence-electron chi connectivity index (χ2n) is 2.28. The van der Waals surface area contributed by atoms with Gasteiger partial charge in [-0.25, -0.2) is 4.98 Å². The van der Waals surface area contributed by atoms with E-state index >= 15 is 0 Å². The van der Waals surface area contributed by atoms with Crippen molar-refractivity contribution in [3.8, 4) is 11.8 Å². The average Bonchev–Trinajstić information content (AvgIpc) is 2.12. The molecule has 3 nitrogen and oxygen atoms in total. The molecule has 0 saturated heterocycles. The average molecular weight is 178 g/mol. The third kappa shape index (κ3) is 2.56. The van der Waals surface area contributed by atoms with Gasteiger partial charge in [0, 0.05) is 11.8 Å². The van der Waals surface area contributed by atoms with Crippen molar-refractivity contribution >= 4 is 12.0 Å². The van der Waals surface area contributed by atoms with Crippen molar-refractivity contribution in [3.63, 3.8) is 0 Å². The van der Waals surface area contributed by atoms with Gasteiger partial charge >= 0.3 is 0 Å².